The molecule has 1 N–H and O–H groups in total. The number of carbonyl (C=O) groups excluding carboxylic acids is 2. The van der Waals surface area contributed by atoms with Gasteiger partial charge in [-0.15, -0.1) is 0 Å². The van der Waals surface area contributed by atoms with Gasteiger partial charge in [-0.05, 0) is 30.3 Å². The van der Waals surface area contributed by atoms with E-state index in [4.69, 9.17) is 9.47 Å². The third-order valence-corrected chi connectivity index (χ3v) is 4.32. The van der Waals surface area contributed by atoms with Crippen molar-refractivity contribution >= 4 is 17.5 Å². The molecule has 0 unspecified atom stereocenters. The molecule has 8 heteroatoms. The van der Waals surface area contributed by atoms with E-state index < -0.39 is 23.6 Å². The van der Waals surface area contributed by atoms with Crippen LogP contribution in [-0.4, -0.2) is 38.6 Å². The smallest absolute Gasteiger partial charge is 0.251 e. The van der Waals surface area contributed by atoms with Gasteiger partial charge in [0, 0.05) is 30.3 Å². The number of amides is 2. The van der Waals surface area contributed by atoms with Gasteiger partial charge < -0.3 is 19.7 Å². The van der Waals surface area contributed by atoms with Crippen molar-refractivity contribution in [1.82, 2.24) is 5.32 Å². The van der Waals surface area contributed by atoms with E-state index in [0.717, 1.165) is 12.1 Å². The van der Waals surface area contributed by atoms with Crippen LogP contribution < -0.4 is 19.7 Å². The maximum absolute atomic E-state index is 13.3. The van der Waals surface area contributed by atoms with Gasteiger partial charge in [0.15, 0.2) is 23.1 Å². The van der Waals surface area contributed by atoms with Gasteiger partial charge in [-0.1, -0.05) is 0 Å². The van der Waals surface area contributed by atoms with Gasteiger partial charge in [0.2, 0.25) is 5.91 Å². The summed E-state index contributed by atoms with van der Waals surface area (Å²) in [6, 6.07) is 7.54. The Morgan fingerprint density at radius 3 is 2.48 bits per heavy atom. The zero-order valence-corrected chi connectivity index (χ0v) is 14.8. The van der Waals surface area contributed by atoms with Crippen molar-refractivity contribution in [2.45, 2.75) is 12.5 Å². The van der Waals surface area contributed by atoms with Crippen molar-refractivity contribution < 1.29 is 27.8 Å². The summed E-state index contributed by atoms with van der Waals surface area (Å²) in [7, 11) is 3.01. The molecule has 0 bridgehead atoms. The summed E-state index contributed by atoms with van der Waals surface area (Å²) in [5, 5.41) is 2.68. The molecule has 2 aromatic carbocycles. The first-order valence-electron chi connectivity index (χ1n) is 8.21. The van der Waals surface area contributed by atoms with Gasteiger partial charge >= 0.3 is 0 Å². The summed E-state index contributed by atoms with van der Waals surface area (Å²) in [6.45, 7) is 0.254. The van der Waals surface area contributed by atoms with E-state index in [1.54, 1.807) is 18.2 Å². The van der Waals surface area contributed by atoms with Crippen LogP contribution in [0.1, 0.15) is 16.8 Å². The first-order valence-corrected chi connectivity index (χ1v) is 8.21. The van der Waals surface area contributed by atoms with Crippen molar-refractivity contribution in [1.29, 1.82) is 0 Å². The third kappa shape index (κ3) is 3.84. The van der Waals surface area contributed by atoms with E-state index in [-0.39, 0.29) is 24.4 Å². The average molecular weight is 376 g/mol. The van der Waals surface area contributed by atoms with Gasteiger partial charge in [0.25, 0.3) is 5.91 Å². The van der Waals surface area contributed by atoms with Crippen molar-refractivity contribution in [3.05, 3.63) is 53.6 Å². The van der Waals surface area contributed by atoms with Gasteiger partial charge in [-0.2, -0.15) is 0 Å². The van der Waals surface area contributed by atoms with Crippen LogP contribution in [0, 0.1) is 11.6 Å². The van der Waals surface area contributed by atoms with Crippen LogP contribution in [0.5, 0.6) is 11.5 Å². The van der Waals surface area contributed by atoms with Crippen molar-refractivity contribution in [3.8, 4) is 11.5 Å². The highest BCUT2D eigenvalue weighted by Crippen LogP contribution is 2.33. The highest BCUT2D eigenvalue weighted by Gasteiger charge is 2.32. The number of hydrogen-bond acceptors (Lipinski definition) is 4. The number of benzene rings is 2. The second-order valence-electron chi connectivity index (χ2n) is 6.05. The molecule has 0 aromatic heterocycles. The zero-order valence-electron chi connectivity index (χ0n) is 14.8. The molecule has 0 aliphatic carbocycles. The standard InChI is InChI=1S/C19H18F2N2O4/c1-26-16-6-4-13(9-17(16)27-2)23-10-12(8-18(23)24)22-19(25)11-3-5-14(20)15(21)7-11/h3-7,9,12H,8,10H2,1-2H3,(H,22,25)/t12-/m1/s1. The summed E-state index contributed by atoms with van der Waals surface area (Å²) >= 11 is 0. The lowest BCUT2D eigenvalue weighted by molar-refractivity contribution is -0.117. The topological polar surface area (TPSA) is 67.9 Å². The minimum absolute atomic E-state index is 0.00841. The Bertz CT molecular complexity index is 888. The fourth-order valence-corrected chi connectivity index (χ4v) is 2.95. The highest BCUT2D eigenvalue weighted by molar-refractivity contribution is 5.99. The molecular weight excluding hydrogens is 358 g/mol. The molecule has 0 saturated carbocycles. The number of nitrogens with zero attached hydrogens (tertiary/aromatic N) is 1. The molecule has 1 fully saturated rings. The van der Waals surface area contributed by atoms with Crippen LogP contribution in [0.25, 0.3) is 0 Å². The number of carbonyl (C=O) groups is 2. The van der Waals surface area contributed by atoms with Crippen LogP contribution in [0.2, 0.25) is 0 Å². The summed E-state index contributed by atoms with van der Waals surface area (Å²) in [5.41, 5.74) is 0.605. The molecule has 2 aromatic rings. The molecule has 142 valence electrons. The Morgan fingerprint density at radius 1 is 1.07 bits per heavy atom. The molecule has 2 amide bonds. The lowest BCUT2D eigenvalue weighted by Gasteiger charge is -2.19. The van der Waals surface area contributed by atoms with E-state index in [9.17, 15) is 18.4 Å². The van der Waals surface area contributed by atoms with E-state index in [2.05, 4.69) is 5.32 Å². The minimum atomic E-state index is -1.10. The summed E-state index contributed by atoms with van der Waals surface area (Å²) < 4.78 is 36.7. The predicted octanol–water partition coefficient (Wildman–Crippen LogP) is 2.52. The fourth-order valence-electron chi connectivity index (χ4n) is 2.95. The molecule has 1 heterocycles. The van der Waals surface area contributed by atoms with Crippen molar-refractivity contribution in [2.24, 2.45) is 0 Å². The fraction of sp³-hybridized carbons (Fsp3) is 0.263. The second kappa shape index (κ2) is 7.61. The Labute approximate surface area is 154 Å². The van der Waals surface area contributed by atoms with Gasteiger partial charge in [-0.3, -0.25) is 9.59 Å². The number of methoxy groups -OCH3 is 2. The van der Waals surface area contributed by atoms with Crippen molar-refractivity contribution in [2.75, 3.05) is 25.7 Å². The zero-order chi connectivity index (χ0) is 19.6. The second-order valence-corrected chi connectivity index (χ2v) is 6.05. The molecule has 0 radical (unpaired) electrons. The lowest BCUT2D eigenvalue weighted by atomic mass is 10.1. The van der Waals surface area contributed by atoms with Gasteiger partial charge in [0.05, 0.1) is 20.3 Å². The number of ether oxygens (including phenoxy) is 2. The molecule has 3 rings (SSSR count). The Hall–Kier alpha value is -3.16. The van der Waals surface area contributed by atoms with Crippen LogP contribution in [0.15, 0.2) is 36.4 Å². The predicted molar refractivity (Wildman–Crippen MR) is 94.1 cm³/mol. The Morgan fingerprint density at radius 2 is 1.81 bits per heavy atom. The van der Waals surface area contributed by atoms with E-state index in [1.807, 2.05) is 0 Å². The van der Waals surface area contributed by atoms with Crippen LogP contribution in [0.4, 0.5) is 14.5 Å². The highest BCUT2D eigenvalue weighted by atomic mass is 19.2. The molecule has 1 aliphatic heterocycles. The first-order chi connectivity index (χ1) is 12.9. The molecule has 1 aliphatic rings. The van der Waals surface area contributed by atoms with Crippen LogP contribution >= 0.6 is 0 Å². The monoisotopic (exact) mass is 376 g/mol. The maximum atomic E-state index is 13.3. The number of nitrogens with one attached hydrogen (secondary N) is 1. The number of anilines is 1. The summed E-state index contributed by atoms with van der Waals surface area (Å²) in [4.78, 5) is 26.1. The largest absolute Gasteiger partial charge is 0.493 e. The van der Waals surface area contributed by atoms with Gasteiger partial charge in [0.1, 0.15) is 0 Å². The van der Waals surface area contributed by atoms with E-state index >= 15 is 0 Å². The summed E-state index contributed by atoms with van der Waals surface area (Å²) in [5.74, 6) is -1.84. The normalized spacial score (nSPS) is 16.4. The molecule has 1 atom stereocenters. The number of halogens is 2. The minimum Gasteiger partial charge on any atom is -0.493 e. The summed E-state index contributed by atoms with van der Waals surface area (Å²) in [6.07, 6.45) is 0.101. The molecule has 1 saturated heterocycles. The van der Waals surface area contributed by atoms with Crippen molar-refractivity contribution in [3.63, 3.8) is 0 Å². The third-order valence-electron chi connectivity index (χ3n) is 4.32. The Kier molecular flexibility index (Phi) is 5.25. The molecule has 6 nitrogen and oxygen atoms in total. The molecular formula is C19H18F2N2O4. The SMILES string of the molecule is COc1ccc(N2C[C@H](NC(=O)c3ccc(F)c(F)c3)CC2=O)cc1OC. The average Bonchev–Trinajstić information content (AvgIpc) is 3.03. The molecule has 27 heavy (non-hydrogen) atoms. The number of rotatable bonds is 5. The van der Waals surface area contributed by atoms with Crippen LogP contribution in [-0.2, 0) is 4.79 Å². The lowest BCUT2D eigenvalue weighted by Crippen LogP contribution is -2.37. The van der Waals surface area contributed by atoms with E-state index in [0.29, 0.717) is 17.2 Å². The maximum Gasteiger partial charge on any atom is 0.251 e. The number of hydrogen-bond donors (Lipinski definition) is 1. The quantitative estimate of drug-likeness (QED) is 0.871. The van der Waals surface area contributed by atoms with Gasteiger partial charge in [-0.25, -0.2) is 8.78 Å². The first kappa shape index (κ1) is 18.6. The van der Waals surface area contributed by atoms with E-state index in [1.165, 1.54) is 25.2 Å². The Balaban J connectivity index is 1.72. The van der Waals surface area contributed by atoms with Crippen LogP contribution in [0.3, 0.4) is 0 Å². The molecule has 0 spiro atoms.